The van der Waals surface area contributed by atoms with Gasteiger partial charge in [0.15, 0.2) is 0 Å². The summed E-state index contributed by atoms with van der Waals surface area (Å²) in [5, 5.41) is 3.30. The van der Waals surface area contributed by atoms with Crippen molar-refractivity contribution in [3.8, 4) is 0 Å². The fraction of sp³-hybridized carbons (Fsp3) is 0.500. The number of hydrogen-bond acceptors (Lipinski definition) is 2. The van der Waals surface area contributed by atoms with Crippen LogP contribution in [0.15, 0.2) is 24.5 Å². The summed E-state index contributed by atoms with van der Waals surface area (Å²) in [5.74, 6) is 0. The van der Waals surface area contributed by atoms with E-state index in [1.165, 1.54) is 5.56 Å². The summed E-state index contributed by atoms with van der Waals surface area (Å²) in [4.78, 5) is 7.86. The van der Waals surface area contributed by atoms with Crippen molar-refractivity contribution in [2.75, 3.05) is 13.1 Å². The molecule has 1 fully saturated rings. The third kappa shape index (κ3) is 2.34. The number of hydrogen-bond donors (Lipinski definition) is 1. The van der Waals surface area contributed by atoms with E-state index in [4.69, 9.17) is 6.57 Å². The summed E-state index contributed by atoms with van der Waals surface area (Å²) in [6.07, 6.45) is 6.38. The van der Waals surface area contributed by atoms with Crippen LogP contribution in [0.3, 0.4) is 0 Å². The Hall–Kier alpha value is -1.40. The number of aromatic nitrogens is 1. The molecule has 0 aromatic carbocycles. The van der Waals surface area contributed by atoms with Gasteiger partial charge in [-0.05, 0) is 17.7 Å². The van der Waals surface area contributed by atoms with Crippen molar-refractivity contribution in [3.63, 3.8) is 0 Å². The first-order chi connectivity index (χ1) is 7.35. The second-order valence-corrected chi connectivity index (χ2v) is 4.12. The molecule has 2 rings (SSSR count). The van der Waals surface area contributed by atoms with E-state index in [9.17, 15) is 0 Å². The fourth-order valence-corrected chi connectivity index (χ4v) is 2.10. The molecule has 0 spiro atoms. The summed E-state index contributed by atoms with van der Waals surface area (Å²) in [7, 11) is 0. The molecule has 3 nitrogen and oxygen atoms in total. The third-order valence-electron chi connectivity index (χ3n) is 3.05. The minimum absolute atomic E-state index is 0.174. The van der Waals surface area contributed by atoms with E-state index in [-0.39, 0.29) is 5.54 Å². The van der Waals surface area contributed by atoms with Crippen LogP contribution in [0.4, 0.5) is 0 Å². The molecule has 3 heteroatoms. The number of nitrogens with one attached hydrogen (secondary N) is 1. The molecule has 2 heterocycles. The van der Waals surface area contributed by atoms with Crippen LogP contribution in [-0.4, -0.2) is 23.6 Å². The molecular formula is C12H15N3. The van der Waals surface area contributed by atoms with Gasteiger partial charge < -0.3 is 10.2 Å². The summed E-state index contributed by atoms with van der Waals surface area (Å²) in [6.45, 7) is 9.31. The second-order valence-electron chi connectivity index (χ2n) is 4.12. The van der Waals surface area contributed by atoms with Crippen LogP contribution >= 0.6 is 0 Å². The van der Waals surface area contributed by atoms with Gasteiger partial charge >= 0.3 is 0 Å². The molecule has 1 aliphatic rings. The van der Waals surface area contributed by atoms with Gasteiger partial charge in [0.25, 0.3) is 0 Å². The molecule has 0 amide bonds. The molecule has 0 atom stereocenters. The summed E-state index contributed by atoms with van der Waals surface area (Å²) in [5.41, 5.74) is 1.05. The van der Waals surface area contributed by atoms with Crippen molar-refractivity contribution in [3.05, 3.63) is 41.5 Å². The molecule has 0 unspecified atom stereocenters. The Labute approximate surface area is 90.4 Å². The van der Waals surface area contributed by atoms with Crippen molar-refractivity contribution in [1.82, 2.24) is 10.3 Å². The van der Waals surface area contributed by atoms with Gasteiger partial charge in [-0.2, -0.15) is 0 Å². The highest BCUT2D eigenvalue weighted by molar-refractivity contribution is 5.18. The zero-order valence-electron chi connectivity index (χ0n) is 8.74. The maximum atomic E-state index is 7.38. The Morgan fingerprint density at radius 2 is 2.00 bits per heavy atom. The highest BCUT2D eigenvalue weighted by Crippen LogP contribution is 2.27. The lowest BCUT2D eigenvalue weighted by atomic mass is 9.83. The summed E-state index contributed by atoms with van der Waals surface area (Å²) in [6, 6.07) is 4.02. The van der Waals surface area contributed by atoms with Gasteiger partial charge in [-0.1, -0.05) is 0 Å². The molecule has 1 saturated heterocycles. The van der Waals surface area contributed by atoms with Crippen molar-refractivity contribution >= 4 is 0 Å². The zero-order valence-corrected chi connectivity index (χ0v) is 8.74. The molecule has 1 N–H and O–H groups in total. The van der Waals surface area contributed by atoms with Crippen molar-refractivity contribution in [2.45, 2.75) is 24.8 Å². The maximum Gasteiger partial charge on any atom is 0.239 e. The quantitative estimate of drug-likeness (QED) is 0.737. The van der Waals surface area contributed by atoms with E-state index in [1.54, 1.807) is 12.4 Å². The smallest absolute Gasteiger partial charge is 0.239 e. The number of rotatable bonds is 2. The van der Waals surface area contributed by atoms with Crippen LogP contribution in [-0.2, 0) is 6.42 Å². The van der Waals surface area contributed by atoms with Crippen LogP contribution in [0.1, 0.15) is 18.4 Å². The Morgan fingerprint density at radius 1 is 1.33 bits per heavy atom. The summed E-state index contributed by atoms with van der Waals surface area (Å²) < 4.78 is 0. The third-order valence-corrected chi connectivity index (χ3v) is 3.05. The molecule has 78 valence electrons. The minimum Gasteiger partial charge on any atom is -0.316 e. The highest BCUT2D eigenvalue weighted by atomic mass is 14.9. The van der Waals surface area contributed by atoms with E-state index in [0.717, 1.165) is 32.4 Å². The molecule has 1 aromatic heterocycles. The Morgan fingerprint density at radius 3 is 2.60 bits per heavy atom. The van der Waals surface area contributed by atoms with E-state index in [0.29, 0.717) is 0 Å². The predicted octanol–water partition coefficient (Wildman–Crippen LogP) is 1.67. The molecule has 1 aliphatic heterocycles. The van der Waals surface area contributed by atoms with Crippen molar-refractivity contribution in [1.29, 1.82) is 0 Å². The number of pyridine rings is 1. The first-order valence-electron chi connectivity index (χ1n) is 5.33. The first kappa shape index (κ1) is 10.1. The summed E-state index contributed by atoms with van der Waals surface area (Å²) >= 11 is 0. The molecular weight excluding hydrogens is 186 g/mol. The standard InChI is InChI=1S/C12H15N3/c1-13-12(4-8-15-9-5-12)10-11-2-6-14-7-3-11/h2-3,6-7,15H,4-5,8-10H2. The highest BCUT2D eigenvalue weighted by Gasteiger charge is 2.38. The lowest BCUT2D eigenvalue weighted by Gasteiger charge is -2.26. The van der Waals surface area contributed by atoms with Crippen LogP contribution in [0.25, 0.3) is 4.85 Å². The lowest BCUT2D eigenvalue weighted by molar-refractivity contribution is 0.359. The minimum atomic E-state index is -0.174. The topological polar surface area (TPSA) is 29.3 Å². The van der Waals surface area contributed by atoms with Crippen LogP contribution in [0.2, 0.25) is 0 Å². The maximum absolute atomic E-state index is 7.38. The largest absolute Gasteiger partial charge is 0.316 e. The van der Waals surface area contributed by atoms with E-state index < -0.39 is 0 Å². The number of nitrogens with zero attached hydrogens (tertiary/aromatic N) is 2. The van der Waals surface area contributed by atoms with Crippen molar-refractivity contribution < 1.29 is 0 Å². The average molecular weight is 201 g/mol. The van der Waals surface area contributed by atoms with Gasteiger partial charge in [-0.15, -0.1) is 0 Å². The van der Waals surface area contributed by atoms with Crippen molar-refractivity contribution in [2.24, 2.45) is 0 Å². The Bertz CT molecular complexity index is 347. The van der Waals surface area contributed by atoms with Gasteiger partial charge in [0, 0.05) is 38.3 Å². The molecule has 0 aliphatic carbocycles. The average Bonchev–Trinajstić information content (AvgIpc) is 2.32. The van der Waals surface area contributed by atoms with E-state index in [2.05, 4.69) is 15.1 Å². The Balaban J connectivity index is 2.12. The van der Waals surface area contributed by atoms with Gasteiger partial charge in [-0.25, -0.2) is 6.57 Å². The number of piperidine rings is 1. The lowest BCUT2D eigenvalue weighted by Crippen LogP contribution is -2.41. The van der Waals surface area contributed by atoms with Gasteiger partial charge in [0.2, 0.25) is 5.54 Å². The molecule has 0 bridgehead atoms. The normalized spacial score (nSPS) is 19.4. The monoisotopic (exact) mass is 201 g/mol. The van der Waals surface area contributed by atoms with E-state index in [1.807, 2.05) is 12.1 Å². The molecule has 1 aromatic rings. The second kappa shape index (κ2) is 4.41. The van der Waals surface area contributed by atoms with Gasteiger partial charge in [0.1, 0.15) is 0 Å². The molecule has 0 radical (unpaired) electrons. The van der Waals surface area contributed by atoms with Crippen LogP contribution in [0.5, 0.6) is 0 Å². The predicted molar refractivity (Wildman–Crippen MR) is 59.4 cm³/mol. The molecule has 15 heavy (non-hydrogen) atoms. The SMILES string of the molecule is [C-]#[N+]C1(Cc2ccncc2)CCNCC1. The first-order valence-corrected chi connectivity index (χ1v) is 5.33. The van der Waals surface area contributed by atoms with E-state index >= 15 is 0 Å². The van der Waals surface area contributed by atoms with Crippen LogP contribution < -0.4 is 5.32 Å². The van der Waals surface area contributed by atoms with Crippen LogP contribution in [0, 0.1) is 6.57 Å². The van der Waals surface area contributed by atoms with Gasteiger partial charge in [0.05, 0.1) is 6.42 Å². The zero-order chi connectivity index (χ0) is 10.6. The Kier molecular flexibility index (Phi) is 2.98. The van der Waals surface area contributed by atoms with Gasteiger partial charge in [-0.3, -0.25) is 4.98 Å². The molecule has 0 saturated carbocycles. The fourth-order valence-electron chi connectivity index (χ4n) is 2.10.